The zero-order valence-corrected chi connectivity index (χ0v) is 9.72. The van der Waals surface area contributed by atoms with Gasteiger partial charge >= 0.3 is 0 Å². The first-order valence-electron chi connectivity index (χ1n) is 5.14. The van der Waals surface area contributed by atoms with Crippen LogP contribution in [0.15, 0.2) is 0 Å². The number of hydrogen-bond acceptors (Lipinski definition) is 4. The second-order valence-electron chi connectivity index (χ2n) is 4.14. The Kier molecular flexibility index (Phi) is 4.10. The SMILES string of the molecule is CC(CNC1CCS(=O)(=O)CC1)C(N)=O. The zero-order valence-electron chi connectivity index (χ0n) is 8.90. The van der Waals surface area contributed by atoms with Crippen molar-refractivity contribution in [3.05, 3.63) is 0 Å². The molecule has 1 aliphatic rings. The number of amides is 1. The van der Waals surface area contributed by atoms with E-state index in [1.165, 1.54) is 0 Å². The van der Waals surface area contributed by atoms with Crippen molar-refractivity contribution in [1.82, 2.24) is 5.32 Å². The summed E-state index contributed by atoms with van der Waals surface area (Å²) < 4.78 is 22.3. The highest BCUT2D eigenvalue weighted by atomic mass is 32.2. The first-order chi connectivity index (χ1) is 6.91. The van der Waals surface area contributed by atoms with Gasteiger partial charge in [-0.2, -0.15) is 0 Å². The highest BCUT2D eigenvalue weighted by molar-refractivity contribution is 7.91. The van der Waals surface area contributed by atoms with Crippen molar-refractivity contribution < 1.29 is 13.2 Å². The van der Waals surface area contributed by atoms with Crippen LogP contribution < -0.4 is 11.1 Å². The van der Waals surface area contributed by atoms with Gasteiger partial charge in [0.15, 0.2) is 0 Å². The molecule has 1 saturated heterocycles. The van der Waals surface area contributed by atoms with E-state index >= 15 is 0 Å². The van der Waals surface area contributed by atoms with Crippen LogP contribution in [0.4, 0.5) is 0 Å². The van der Waals surface area contributed by atoms with Crippen LogP contribution in [-0.4, -0.2) is 38.4 Å². The lowest BCUT2D eigenvalue weighted by Gasteiger charge is -2.24. The third-order valence-corrected chi connectivity index (χ3v) is 4.47. The molecule has 1 atom stereocenters. The average molecular weight is 234 g/mol. The van der Waals surface area contributed by atoms with E-state index in [1.54, 1.807) is 6.92 Å². The molecule has 6 heteroatoms. The maximum Gasteiger partial charge on any atom is 0.221 e. The predicted octanol–water partition coefficient (Wildman–Crippen LogP) is -0.725. The van der Waals surface area contributed by atoms with Crippen LogP contribution >= 0.6 is 0 Å². The van der Waals surface area contributed by atoms with Crippen LogP contribution in [0, 0.1) is 5.92 Å². The third-order valence-electron chi connectivity index (χ3n) is 2.75. The molecule has 1 aliphatic heterocycles. The van der Waals surface area contributed by atoms with Crippen LogP contribution in [0.3, 0.4) is 0 Å². The molecule has 0 bridgehead atoms. The summed E-state index contributed by atoms with van der Waals surface area (Å²) in [5.74, 6) is -0.0416. The molecule has 0 spiro atoms. The number of primary amides is 1. The summed E-state index contributed by atoms with van der Waals surface area (Å²) in [6.07, 6.45) is 1.27. The van der Waals surface area contributed by atoms with Crippen LogP contribution in [0.2, 0.25) is 0 Å². The second-order valence-corrected chi connectivity index (χ2v) is 6.44. The molecule has 0 aliphatic carbocycles. The van der Waals surface area contributed by atoms with Crippen molar-refractivity contribution in [1.29, 1.82) is 0 Å². The Morgan fingerprint density at radius 2 is 2.00 bits per heavy atom. The molecule has 0 aromatic carbocycles. The van der Waals surface area contributed by atoms with Gasteiger partial charge in [0.1, 0.15) is 9.84 Å². The topological polar surface area (TPSA) is 89.3 Å². The minimum Gasteiger partial charge on any atom is -0.369 e. The molecule has 3 N–H and O–H groups in total. The second kappa shape index (κ2) is 4.94. The van der Waals surface area contributed by atoms with Gasteiger partial charge in [0, 0.05) is 18.5 Å². The standard InChI is InChI=1S/C9H18N2O3S/c1-7(9(10)12)6-11-8-2-4-15(13,14)5-3-8/h7-8,11H,2-6H2,1H3,(H2,10,12). The molecular formula is C9H18N2O3S. The van der Waals surface area contributed by atoms with Crippen molar-refractivity contribution >= 4 is 15.7 Å². The molecule has 1 unspecified atom stereocenters. The Bertz CT molecular complexity index is 312. The molecule has 1 amide bonds. The number of nitrogens with two attached hydrogens (primary N) is 1. The molecule has 0 radical (unpaired) electrons. The van der Waals surface area contributed by atoms with Gasteiger partial charge in [0.25, 0.3) is 0 Å². The summed E-state index contributed by atoms with van der Waals surface area (Å²) in [5, 5.41) is 3.18. The van der Waals surface area contributed by atoms with Crippen LogP contribution in [0.5, 0.6) is 0 Å². The van der Waals surface area contributed by atoms with Crippen LogP contribution in [0.1, 0.15) is 19.8 Å². The molecule has 0 saturated carbocycles. The molecule has 1 heterocycles. The van der Waals surface area contributed by atoms with E-state index in [2.05, 4.69) is 5.32 Å². The predicted molar refractivity (Wildman–Crippen MR) is 58.0 cm³/mol. The maximum atomic E-state index is 11.1. The molecule has 1 rings (SSSR count). The normalized spacial score (nSPS) is 23.5. The zero-order chi connectivity index (χ0) is 11.5. The summed E-state index contributed by atoms with van der Waals surface area (Å²) in [6, 6.07) is 0.204. The van der Waals surface area contributed by atoms with Gasteiger partial charge in [-0.25, -0.2) is 8.42 Å². The maximum absolute atomic E-state index is 11.1. The lowest BCUT2D eigenvalue weighted by molar-refractivity contribution is -0.121. The number of hydrogen-bond donors (Lipinski definition) is 2. The highest BCUT2D eigenvalue weighted by Gasteiger charge is 2.23. The van der Waals surface area contributed by atoms with E-state index in [-0.39, 0.29) is 29.4 Å². The summed E-state index contributed by atoms with van der Waals surface area (Å²) in [5.41, 5.74) is 5.12. The molecular weight excluding hydrogens is 216 g/mol. The number of nitrogens with one attached hydrogen (secondary N) is 1. The van der Waals surface area contributed by atoms with E-state index in [9.17, 15) is 13.2 Å². The third kappa shape index (κ3) is 4.17. The van der Waals surface area contributed by atoms with Gasteiger partial charge in [0.2, 0.25) is 5.91 Å². The number of carbonyl (C=O) groups excluding carboxylic acids is 1. The smallest absolute Gasteiger partial charge is 0.221 e. The molecule has 0 aromatic rings. The van der Waals surface area contributed by atoms with E-state index in [4.69, 9.17) is 5.73 Å². The Hall–Kier alpha value is -0.620. The summed E-state index contributed by atoms with van der Waals surface area (Å²) >= 11 is 0. The lowest BCUT2D eigenvalue weighted by Crippen LogP contribution is -2.41. The average Bonchev–Trinajstić information content (AvgIpc) is 2.15. The number of carbonyl (C=O) groups is 1. The largest absolute Gasteiger partial charge is 0.369 e. The number of rotatable bonds is 4. The van der Waals surface area contributed by atoms with Gasteiger partial charge in [-0.05, 0) is 12.8 Å². The Morgan fingerprint density at radius 3 is 2.47 bits per heavy atom. The van der Waals surface area contributed by atoms with Gasteiger partial charge in [-0.1, -0.05) is 6.92 Å². The minimum absolute atomic E-state index is 0.204. The fourth-order valence-corrected chi connectivity index (χ4v) is 3.03. The molecule has 1 fully saturated rings. The summed E-state index contributed by atoms with van der Waals surface area (Å²) in [4.78, 5) is 10.8. The van der Waals surface area contributed by atoms with Gasteiger partial charge in [0.05, 0.1) is 11.5 Å². The van der Waals surface area contributed by atoms with E-state index in [0.717, 1.165) is 0 Å². The Balaban J connectivity index is 2.28. The number of sulfone groups is 1. The quantitative estimate of drug-likeness (QED) is 0.671. The fraction of sp³-hybridized carbons (Fsp3) is 0.889. The lowest BCUT2D eigenvalue weighted by atomic mass is 10.1. The Labute approximate surface area is 90.3 Å². The van der Waals surface area contributed by atoms with E-state index in [1.807, 2.05) is 0 Å². The molecule has 0 aromatic heterocycles. The first-order valence-corrected chi connectivity index (χ1v) is 6.96. The fourth-order valence-electron chi connectivity index (χ4n) is 1.54. The van der Waals surface area contributed by atoms with Crippen molar-refractivity contribution in [2.24, 2.45) is 11.7 Å². The minimum atomic E-state index is -2.80. The van der Waals surface area contributed by atoms with E-state index < -0.39 is 9.84 Å². The monoisotopic (exact) mass is 234 g/mol. The summed E-state index contributed by atoms with van der Waals surface area (Å²) in [6.45, 7) is 2.29. The Morgan fingerprint density at radius 1 is 1.47 bits per heavy atom. The van der Waals surface area contributed by atoms with Crippen molar-refractivity contribution in [3.8, 4) is 0 Å². The van der Waals surface area contributed by atoms with Gasteiger partial charge < -0.3 is 11.1 Å². The van der Waals surface area contributed by atoms with Crippen molar-refractivity contribution in [3.63, 3.8) is 0 Å². The molecule has 88 valence electrons. The van der Waals surface area contributed by atoms with Crippen molar-refractivity contribution in [2.75, 3.05) is 18.1 Å². The molecule has 15 heavy (non-hydrogen) atoms. The van der Waals surface area contributed by atoms with Crippen LogP contribution in [0.25, 0.3) is 0 Å². The van der Waals surface area contributed by atoms with Gasteiger partial charge in [-0.15, -0.1) is 0 Å². The van der Waals surface area contributed by atoms with Crippen molar-refractivity contribution in [2.45, 2.75) is 25.8 Å². The van der Waals surface area contributed by atoms with Crippen LogP contribution in [-0.2, 0) is 14.6 Å². The molecule has 5 nitrogen and oxygen atoms in total. The van der Waals surface area contributed by atoms with E-state index in [0.29, 0.717) is 19.4 Å². The first kappa shape index (κ1) is 12.4. The highest BCUT2D eigenvalue weighted by Crippen LogP contribution is 2.12. The summed E-state index contributed by atoms with van der Waals surface area (Å²) in [7, 11) is -2.80. The van der Waals surface area contributed by atoms with Gasteiger partial charge in [-0.3, -0.25) is 4.79 Å².